The van der Waals surface area contributed by atoms with Crippen LogP contribution in [-0.2, 0) is 9.31 Å². The van der Waals surface area contributed by atoms with Crippen LogP contribution in [0.25, 0.3) is 0 Å². The Balaban J connectivity index is 1.86. The molecule has 0 spiro atoms. The van der Waals surface area contributed by atoms with Crippen LogP contribution in [0.5, 0.6) is 0 Å². The molecule has 1 aliphatic rings. The predicted octanol–water partition coefficient (Wildman–Crippen LogP) is 3.38. The third-order valence-electron chi connectivity index (χ3n) is 5.14. The van der Waals surface area contributed by atoms with Crippen molar-refractivity contribution in [3.05, 3.63) is 65.2 Å². The van der Waals surface area contributed by atoms with Gasteiger partial charge in [-0.05, 0) is 51.2 Å². The largest absolute Gasteiger partial charge is 0.494 e. The van der Waals surface area contributed by atoms with E-state index in [1.54, 1.807) is 0 Å². The zero-order valence-electron chi connectivity index (χ0n) is 15.0. The fourth-order valence-electron chi connectivity index (χ4n) is 2.80. The van der Waals surface area contributed by atoms with Gasteiger partial charge >= 0.3 is 7.12 Å². The topological polar surface area (TPSA) is 38.7 Å². The fraction of sp³-hybridized carbons (Fsp3) is 0.400. The van der Waals surface area contributed by atoms with E-state index in [4.69, 9.17) is 9.31 Å². The first-order valence-corrected chi connectivity index (χ1v) is 8.40. The Morgan fingerprint density at radius 1 is 0.875 bits per heavy atom. The summed E-state index contributed by atoms with van der Waals surface area (Å²) >= 11 is 0. The molecule has 0 aromatic heterocycles. The van der Waals surface area contributed by atoms with Crippen LogP contribution >= 0.6 is 0 Å². The minimum absolute atomic E-state index is 0.372. The van der Waals surface area contributed by atoms with Crippen molar-refractivity contribution in [2.24, 2.45) is 0 Å². The molecule has 1 N–H and O–H groups in total. The van der Waals surface area contributed by atoms with Gasteiger partial charge in [0.1, 0.15) is 6.10 Å². The number of aryl methyl sites for hydroxylation is 1. The van der Waals surface area contributed by atoms with Crippen LogP contribution < -0.4 is 5.46 Å². The zero-order valence-corrected chi connectivity index (χ0v) is 15.0. The second kappa shape index (κ2) is 6.03. The van der Waals surface area contributed by atoms with Gasteiger partial charge < -0.3 is 14.4 Å². The third-order valence-corrected chi connectivity index (χ3v) is 5.14. The van der Waals surface area contributed by atoms with Gasteiger partial charge in [-0.15, -0.1) is 0 Å². The van der Waals surface area contributed by atoms with E-state index in [1.807, 2.05) is 83.1 Å². The molecule has 1 heterocycles. The molecule has 1 atom stereocenters. The SMILES string of the molecule is Cc1ccc(C(O)c2cccc(B3OC(C)(C)C(C)(C)O3)c2)cc1. The lowest BCUT2D eigenvalue weighted by Crippen LogP contribution is -2.41. The van der Waals surface area contributed by atoms with E-state index in [0.29, 0.717) is 0 Å². The van der Waals surface area contributed by atoms with Crippen LogP contribution in [0.1, 0.15) is 50.5 Å². The van der Waals surface area contributed by atoms with Crippen molar-refractivity contribution in [1.29, 1.82) is 0 Å². The summed E-state index contributed by atoms with van der Waals surface area (Å²) in [5.41, 5.74) is 3.08. The maximum absolute atomic E-state index is 10.7. The summed E-state index contributed by atoms with van der Waals surface area (Å²) in [7, 11) is -0.417. The number of rotatable bonds is 3. The average Bonchev–Trinajstić information content (AvgIpc) is 2.76. The predicted molar refractivity (Wildman–Crippen MR) is 97.4 cm³/mol. The summed E-state index contributed by atoms with van der Waals surface area (Å²) in [4.78, 5) is 0. The lowest BCUT2D eigenvalue weighted by atomic mass is 9.78. The Kier molecular flexibility index (Phi) is 4.33. The summed E-state index contributed by atoms with van der Waals surface area (Å²) in [6, 6.07) is 15.8. The molecule has 0 radical (unpaired) electrons. The van der Waals surface area contributed by atoms with E-state index in [9.17, 15) is 5.11 Å². The highest BCUT2D eigenvalue weighted by Gasteiger charge is 2.51. The Morgan fingerprint density at radius 2 is 1.46 bits per heavy atom. The number of benzene rings is 2. The third kappa shape index (κ3) is 3.14. The smallest absolute Gasteiger partial charge is 0.399 e. The Morgan fingerprint density at radius 3 is 2.04 bits per heavy atom. The van der Waals surface area contributed by atoms with Gasteiger partial charge in [-0.1, -0.05) is 54.1 Å². The summed E-state index contributed by atoms with van der Waals surface area (Å²) in [5, 5.41) is 10.7. The quantitative estimate of drug-likeness (QED) is 0.880. The minimum Gasteiger partial charge on any atom is -0.399 e. The number of hydrogen-bond donors (Lipinski definition) is 1. The molecule has 1 fully saturated rings. The summed E-state index contributed by atoms with van der Waals surface area (Å²) in [6.45, 7) is 10.2. The second-order valence-electron chi connectivity index (χ2n) is 7.57. The van der Waals surface area contributed by atoms with Crippen LogP contribution in [0.15, 0.2) is 48.5 Å². The Bertz CT molecular complexity index is 706. The molecule has 3 rings (SSSR count). The highest BCUT2D eigenvalue weighted by atomic mass is 16.7. The molecule has 126 valence electrons. The molecule has 0 bridgehead atoms. The van der Waals surface area contributed by atoms with Gasteiger partial charge in [-0.25, -0.2) is 0 Å². The number of hydrogen-bond acceptors (Lipinski definition) is 3. The Hall–Kier alpha value is -1.62. The van der Waals surface area contributed by atoms with Gasteiger partial charge in [0.2, 0.25) is 0 Å². The monoisotopic (exact) mass is 324 g/mol. The van der Waals surface area contributed by atoms with E-state index in [-0.39, 0.29) is 11.2 Å². The van der Waals surface area contributed by atoms with Gasteiger partial charge in [0.15, 0.2) is 0 Å². The number of aliphatic hydroxyl groups excluding tert-OH is 1. The molecule has 1 aliphatic heterocycles. The molecular formula is C20H25BO3. The second-order valence-corrected chi connectivity index (χ2v) is 7.57. The van der Waals surface area contributed by atoms with Crippen molar-refractivity contribution in [2.75, 3.05) is 0 Å². The van der Waals surface area contributed by atoms with Gasteiger partial charge in [-0.3, -0.25) is 0 Å². The van der Waals surface area contributed by atoms with Crippen molar-refractivity contribution < 1.29 is 14.4 Å². The molecule has 0 aliphatic carbocycles. The molecule has 3 nitrogen and oxygen atoms in total. The lowest BCUT2D eigenvalue weighted by Gasteiger charge is -2.32. The van der Waals surface area contributed by atoms with Crippen LogP contribution in [0.3, 0.4) is 0 Å². The van der Waals surface area contributed by atoms with E-state index >= 15 is 0 Å². The number of aliphatic hydroxyl groups is 1. The summed E-state index contributed by atoms with van der Waals surface area (Å²) in [5.74, 6) is 0. The zero-order chi connectivity index (χ0) is 17.5. The molecule has 0 amide bonds. The first kappa shape index (κ1) is 17.2. The molecule has 2 aromatic rings. The van der Waals surface area contributed by atoms with E-state index < -0.39 is 13.2 Å². The van der Waals surface area contributed by atoms with Gasteiger partial charge in [0.25, 0.3) is 0 Å². The first-order valence-electron chi connectivity index (χ1n) is 8.40. The van der Waals surface area contributed by atoms with Crippen molar-refractivity contribution >= 4 is 12.6 Å². The molecule has 24 heavy (non-hydrogen) atoms. The maximum Gasteiger partial charge on any atom is 0.494 e. The van der Waals surface area contributed by atoms with Crippen molar-refractivity contribution in [2.45, 2.75) is 51.9 Å². The maximum atomic E-state index is 10.7. The van der Waals surface area contributed by atoms with Crippen molar-refractivity contribution in [1.82, 2.24) is 0 Å². The molecule has 2 aromatic carbocycles. The van der Waals surface area contributed by atoms with Crippen LogP contribution in [-0.4, -0.2) is 23.4 Å². The van der Waals surface area contributed by atoms with Gasteiger partial charge in [0, 0.05) is 0 Å². The van der Waals surface area contributed by atoms with Crippen molar-refractivity contribution in [3.8, 4) is 0 Å². The van der Waals surface area contributed by atoms with Crippen LogP contribution in [0.2, 0.25) is 0 Å². The van der Waals surface area contributed by atoms with E-state index in [2.05, 4.69) is 0 Å². The molecule has 1 saturated heterocycles. The van der Waals surface area contributed by atoms with E-state index in [1.165, 1.54) is 5.56 Å². The lowest BCUT2D eigenvalue weighted by molar-refractivity contribution is 0.00578. The fourth-order valence-corrected chi connectivity index (χ4v) is 2.80. The average molecular weight is 324 g/mol. The van der Waals surface area contributed by atoms with E-state index in [0.717, 1.165) is 16.6 Å². The molecule has 0 saturated carbocycles. The first-order chi connectivity index (χ1) is 11.2. The van der Waals surface area contributed by atoms with Gasteiger partial charge in [-0.2, -0.15) is 0 Å². The molecular weight excluding hydrogens is 299 g/mol. The van der Waals surface area contributed by atoms with Crippen LogP contribution in [0, 0.1) is 6.92 Å². The Labute approximate surface area is 144 Å². The minimum atomic E-state index is -0.659. The van der Waals surface area contributed by atoms with Crippen molar-refractivity contribution in [3.63, 3.8) is 0 Å². The molecule has 4 heteroatoms. The standard InChI is InChI=1S/C20H25BO3/c1-14-9-11-15(12-10-14)18(22)16-7-6-8-17(13-16)21-23-19(2,3)20(4,5)24-21/h6-13,18,22H,1-5H3. The highest BCUT2D eigenvalue weighted by molar-refractivity contribution is 6.62. The highest BCUT2D eigenvalue weighted by Crippen LogP contribution is 2.36. The normalized spacial score (nSPS) is 20.2. The summed E-state index contributed by atoms with van der Waals surface area (Å²) < 4.78 is 12.2. The molecule has 1 unspecified atom stereocenters. The van der Waals surface area contributed by atoms with Gasteiger partial charge in [0.05, 0.1) is 11.2 Å². The van der Waals surface area contributed by atoms with Crippen LogP contribution in [0.4, 0.5) is 0 Å². The summed E-state index contributed by atoms with van der Waals surface area (Å²) in [6.07, 6.45) is -0.659.